The third kappa shape index (κ3) is 1.30. The van der Waals surface area contributed by atoms with Gasteiger partial charge in [0.25, 0.3) is 5.91 Å². The molecule has 0 aromatic carbocycles. The first kappa shape index (κ1) is 7.91. The molecule has 2 N–H and O–H groups in total. The Morgan fingerprint density at radius 3 is 3.00 bits per heavy atom. The van der Waals surface area contributed by atoms with Gasteiger partial charge in [0, 0.05) is 12.0 Å². The van der Waals surface area contributed by atoms with Crippen LogP contribution < -0.4 is 5.73 Å². The van der Waals surface area contributed by atoms with Crippen LogP contribution in [0.25, 0.3) is 0 Å². The number of halogens is 1. The van der Waals surface area contributed by atoms with E-state index in [1.807, 2.05) is 0 Å². The highest BCUT2D eigenvalue weighted by molar-refractivity contribution is 6.12. The molecule has 1 aliphatic carbocycles. The van der Waals surface area contributed by atoms with E-state index in [4.69, 9.17) is 5.73 Å². The van der Waals surface area contributed by atoms with E-state index in [9.17, 15) is 9.18 Å². The molecule has 0 unspecified atom stereocenters. The number of rotatable bonds is 1. The molecule has 1 amide bonds. The summed E-state index contributed by atoms with van der Waals surface area (Å²) in [5.74, 6) is -0.876. The summed E-state index contributed by atoms with van der Waals surface area (Å²) in [5, 5.41) is 0. The predicted octanol–water partition coefficient (Wildman–Crippen LogP) is 0.994. The normalized spacial score (nSPS) is 19.8. The van der Waals surface area contributed by atoms with Crippen LogP contribution in [-0.4, -0.2) is 11.6 Å². The number of primary amides is 1. The second-order valence-corrected chi connectivity index (χ2v) is 2.85. The molecule has 0 spiro atoms. The molecule has 0 saturated carbocycles. The van der Waals surface area contributed by atoms with Gasteiger partial charge in [-0.3, -0.25) is 4.79 Å². The van der Waals surface area contributed by atoms with Crippen molar-refractivity contribution in [2.75, 3.05) is 0 Å². The van der Waals surface area contributed by atoms with E-state index >= 15 is 0 Å². The summed E-state index contributed by atoms with van der Waals surface area (Å²) in [4.78, 5) is 14.7. The van der Waals surface area contributed by atoms with Crippen LogP contribution in [0.4, 0.5) is 4.39 Å². The van der Waals surface area contributed by atoms with Gasteiger partial charge >= 0.3 is 0 Å². The number of carbonyl (C=O) groups excluding carboxylic acids is 1. The lowest BCUT2D eigenvalue weighted by Gasteiger charge is -2.03. The van der Waals surface area contributed by atoms with E-state index < -0.39 is 5.91 Å². The Morgan fingerprint density at radius 2 is 2.31 bits per heavy atom. The van der Waals surface area contributed by atoms with E-state index in [1.54, 1.807) is 0 Å². The van der Waals surface area contributed by atoms with Crippen LogP contribution in [0.3, 0.4) is 0 Å². The first-order valence-electron chi connectivity index (χ1n) is 3.83. The first-order chi connectivity index (χ1) is 6.16. The number of fused-ring (bicyclic) bond motifs is 1. The summed E-state index contributed by atoms with van der Waals surface area (Å²) >= 11 is 0. The van der Waals surface area contributed by atoms with Gasteiger partial charge in [-0.25, -0.2) is 9.38 Å². The Labute approximate surface area is 74.1 Å². The average molecular weight is 178 g/mol. The molecule has 1 heterocycles. The van der Waals surface area contributed by atoms with Crippen LogP contribution in [0.1, 0.15) is 6.42 Å². The van der Waals surface area contributed by atoms with Crippen LogP contribution in [0, 0.1) is 0 Å². The first-order valence-corrected chi connectivity index (χ1v) is 3.83. The molecule has 2 rings (SSSR count). The molecule has 0 radical (unpaired) electrons. The van der Waals surface area contributed by atoms with Gasteiger partial charge < -0.3 is 5.73 Å². The zero-order chi connectivity index (χ0) is 9.42. The molecule has 0 saturated heterocycles. The summed E-state index contributed by atoms with van der Waals surface area (Å²) in [6, 6.07) is 0. The monoisotopic (exact) mass is 178 g/mol. The lowest BCUT2D eigenvalue weighted by Crippen LogP contribution is -2.11. The van der Waals surface area contributed by atoms with Crippen molar-refractivity contribution in [3.05, 3.63) is 35.3 Å². The van der Waals surface area contributed by atoms with Crippen LogP contribution >= 0.6 is 0 Å². The molecular formula is C9H7FN2O. The van der Waals surface area contributed by atoms with Gasteiger partial charge in [0.2, 0.25) is 0 Å². The maximum absolute atomic E-state index is 12.7. The zero-order valence-electron chi connectivity index (χ0n) is 6.75. The number of aliphatic imine (C=N–C) groups is 1. The zero-order valence-corrected chi connectivity index (χ0v) is 6.75. The van der Waals surface area contributed by atoms with Crippen molar-refractivity contribution in [2.45, 2.75) is 6.42 Å². The summed E-state index contributed by atoms with van der Waals surface area (Å²) in [6.45, 7) is 0. The van der Waals surface area contributed by atoms with Crippen molar-refractivity contribution in [2.24, 2.45) is 10.7 Å². The van der Waals surface area contributed by atoms with Crippen LogP contribution in [0.5, 0.6) is 0 Å². The second kappa shape index (κ2) is 2.65. The molecule has 0 aromatic rings. The second-order valence-electron chi connectivity index (χ2n) is 2.85. The predicted molar refractivity (Wildman–Crippen MR) is 46.6 cm³/mol. The molecule has 0 fully saturated rings. The lowest BCUT2D eigenvalue weighted by molar-refractivity contribution is -0.114. The summed E-state index contributed by atoms with van der Waals surface area (Å²) in [7, 11) is 0. The fourth-order valence-corrected chi connectivity index (χ4v) is 1.29. The Morgan fingerprint density at radius 1 is 1.54 bits per heavy atom. The standard InChI is InChI=1S/C9H7FN2O/c10-6-1-2-7-5(3-6)4-8(12-7)9(11)13/h1,3-4H,2H2,(H2,11,13). The van der Waals surface area contributed by atoms with Gasteiger partial charge in [-0.2, -0.15) is 0 Å². The molecule has 0 bridgehead atoms. The Kier molecular flexibility index (Phi) is 1.62. The van der Waals surface area contributed by atoms with Crippen LogP contribution in [0.15, 0.2) is 40.3 Å². The molecule has 0 aromatic heterocycles. The van der Waals surface area contributed by atoms with Crippen molar-refractivity contribution < 1.29 is 9.18 Å². The van der Waals surface area contributed by atoms with E-state index in [1.165, 1.54) is 18.2 Å². The topological polar surface area (TPSA) is 55.5 Å². The number of amides is 1. The fraction of sp³-hybridized carbons (Fsp3) is 0.111. The smallest absolute Gasteiger partial charge is 0.267 e. The van der Waals surface area contributed by atoms with Gasteiger partial charge in [-0.05, 0) is 18.2 Å². The third-order valence-electron chi connectivity index (χ3n) is 1.92. The maximum atomic E-state index is 12.7. The summed E-state index contributed by atoms with van der Waals surface area (Å²) in [6.07, 6.45) is 4.69. The van der Waals surface area contributed by atoms with Crippen molar-refractivity contribution in [1.82, 2.24) is 0 Å². The minimum absolute atomic E-state index is 0.198. The Hall–Kier alpha value is -1.71. The van der Waals surface area contributed by atoms with Crippen molar-refractivity contribution in [3.8, 4) is 0 Å². The molecule has 2 aliphatic rings. The number of carbonyl (C=O) groups is 1. The largest absolute Gasteiger partial charge is 0.364 e. The molecule has 4 heteroatoms. The minimum atomic E-state index is -0.580. The van der Waals surface area contributed by atoms with Crippen LogP contribution in [0.2, 0.25) is 0 Å². The number of nitrogens with zero attached hydrogens (tertiary/aromatic N) is 1. The number of nitrogens with two attached hydrogens (primary N) is 1. The molecule has 3 nitrogen and oxygen atoms in total. The quantitative estimate of drug-likeness (QED) is 0.639. The molecule has 66 valence electrons. The fourth-order valence-electron chi connectivity index (χ4n) is 1.29. The number of hydrogen-bond donors (Lipinski definition) is 1. The number of allylic oxidation sites excluding steroid dienone is 5. The number of hydrogen-bond acceptors (Lipinski definition) is 2. The average Bonchev–Trinajstić information content (AvgIpc) is 2.46. The third-order valence-corrected chi connectivity index (χ3v) is 1.92. The van der Waals surface area contributed by atoms with Crippen LogP contribution in [-0.2, 0) is 4.79 Å². The van der Waals surface area contributed by atoms with Crippen molar-refractivity contribution in [3.63, 3.8) is 0 Å². The highest BCUT2D eigenvalue weighted by Gasteiger charge is 2.19. The van der Waals surface area contributed by atoms with E-state index in [-0.39, 0.29) is 11.5 Å². The van der Waals surface area contributed by atoms with Gasteiger partial charge in [0.05, 0.1) is 5.71 Å². The molecule has 1 aliphatic heterocycles. The van der Waals surface area contributed by atoms with Gasteiger partial charge in [0.1, 0.15) is 11.5 Å². The minimum Gasteiger partial charge on any atom is -0.364 e. The van der Waals surface area contributed by atoms with E-state index in [0.717, 1.165) is 0 Å². The molecule has 13 heavy (non-hydrogen) atoms. The van der Waals surface area contributed by atoms with Gasteiger partial charge in [-0.15, -0.1) is 0 Å². The van der Waals surface area contributed by atoms with Gasteiger partial charge in [0.15, 0.2) is 0 Å². The summed E-state index contributed by atoms with van der Waals surface area (Å²) in [5.41, 5.74) is 6.58. The summed E-state index contributed by atoms with van der Waals surface area (Å²) < 4.78 is 12.7. The molecule has 0 atom stereocenters. The van der Waals surface area contributed by atoms with E-state index in [0.29, 0.717) is 17.7 Å². The SMILES string of the molecule is NC(=O)C1=CC2=CC(F)=CCC2=N1. The van der Waals surface area contributed by atoms with Crippen molar-refractivity contribution in [1.29, 1.82) is 0 Å². The Balaban J connectivity index is 2.38. The van der Waals surface area contributed by atoms with E-state index in [2.05, 4.69) is 4.99 Å². The Bertz CT molecular complexity index is 402. The molecular weight excluding hydrogens is 171 g/mol. The van der Waals surface area contributed by atoms with Crippen molar-refractivity contribution >= 4 is 11.6 Å². The van der Waals surface area contributed by atoms with Gasteiger partial charge in [-0.1, -0.05) is 0 Å². The lowest BCUT2D eigenvalue weighted by atomic mass is 10.0. The highest BCUT2D eigenvalue weighted by atomic mass is 19.1. The highest BCUT2D eigenvalue weighted by Crippen LogP contribution is 2.24. The maximum Gasteiger partial charge on any atom is 0.267 e.